The normalized spacial score (nSPS) is 13.3. The molecule has 1 aromatic heterocycles. The van der Waals surface area contributed by atoms with E-state index in [4.69, 9.17) is 11.6 Å². The van der Waals surface area contributed by atoms with Crippen molar-refractivity contribution in [1.82, 2.24) is 10.3 Å². The number of rotatable bonds is 7. The van der Waals surface area contributed by atoms with Gasteiger partial charge in [-0.1, -0.05) is 72.3 Å². The third-order valence-electron chi connectivity index (χ3n) is 5.16. The quantitative estimate of drug-likeness (QED) is 0.374. The van der Waals surface area contributed by atoms with E-state index in [1.165, 1.54) is 5.56 Å². The number of halogens is 1. The van der Waals surface area contributed by atoms with Crippen molar-refractivity contribution in [2.24, 2.45) is 0 Å². The van der Waals surface area contributed by atoms with E-state index in [1.54, 1.807) is 0 Å². The fourth-order valence-corrected chi connectivity index (χ4v) is 3.84. The van der Waals surface area contributed by atoms with Crippen LogP contribution in [0.5, 0.6) is 0 Å². The minimum Gasteiger partial charge on any atom is -0.360 e. The predicted octanol–water partition coefficient (Wildman–Crippen LogP) is 5.97. The first-order valence-electron chi connectivity index (χ1n) is 9.77. The number of carbonyl (C=O) groups excluding carboxylic acids is 1. The zero-order valence-electron chi connectivity index (χ0n) is 16.2. The van der Waals surface area contributed by atoms with Crippen LogP contribution in [0, 0.1) is 0 Å². The summed E-state index contributed by atoms with van der Waals surface area (Å²) in [6.07, 6.45) is 2.62. The van der Waals surface area contributed by atoms with E-state index in [0.717, 1.165) is 27.9 Å². The number of para-hydroxylation sites is 1. The first-order chi connectivity index (χ1) is 14.1. The molecule has 0 aliphatic carbocycles. The van der Waals surface area contributed by atoms with Gasteiger partial charge in [-0.2, -0.15) is 0 Å². The van der Waals surface area contributed by atoms with Crippen LogP contribution in [-0.4, -0.2) is 16.8 Å². The van der Waals surface area contributed by atoms with Crippen LogP contribution < -0.4 is 5.32 Å². The zero-order valence-corrected chi connectivity index (χ0v) is 17.0. The highest BCUT2D eigenvalue weighted by molar-refractivity contribution is 6.30. The molecule has 0 aliphatic heterocycles. The van der Waals surface area contributed by atoms with Gasteiger partial charge in [0.1, 0.15) is 0 Å². The van der Waals surface area contributed by atoms with Gasteiger partial charge in [-0.3, -0.25) is 4.79 Å². The van der Waals surface area contributed by atoms with Crippen molar-refractivity contribution in [1.29, 1.82) is 0 Å². The molecule has 4 rings (SSSR count). The van der Waals surface area contributed by atoms with E-state index in [1.807, 2.05) is 85.1 Å². The monoisotopic (exact) mass is 402 g/mol. The summed E-state index contributed by atoms with van der Waals surface area (Å²) in [4.78, 5) is 16.8. The smallest absolute Gasteiger partial charge is 0.186 e. The van der Waals surface area contributed by atoms with Crippen molar-refractivity contribution in [3.8, 4) is 0 Å². The van der Waals surface area contributed by atoms with Crippen LogP contribution in [0.3, 0.4) is 0 Å². The summed E-state index contributed by atoms with van der Waals surface area (Å²) >= 11 is 6.00. The van der Waals surface area contributed by atoms with Gasteiger partial charge in [0.15, 0.2) is 5.78 Å². The van der Waals surface area contributed by atoms with E-state index >= 15 is 0 Å². The molecule has 1 heterocycles. The van der Waals surface area contributed by atoms with Crippen molar-refractivity contribution in [2.75, 3.05) is 0 Å². The molecule has 2 N–H and O–H groups in total. The molecule has 0 fully saturated rings. The molecular formula is C25H23ClN2O. The Morgan fingerprint density at radius 3 is 2.41 bits per heavy atom. The highest BCUT2D eigenvalue weighted by Gasteiger charge is 2.25. The number of H-pyrrole nitrogens is 1. The lowest BCUT2D eigenvalue weighted by atomic mass is 9.95. The van der Waals surface area contributed by atoms with Crippen LogP contribution in [0.15, 0.2) is 85.1 Å². The number of nitrogens with one attached hydrogen (secondary N) is 2. The Balaban J connectivity index is 1.61. The van der Waals surface area contributed by atoms with Gasteiger partial charge in [0.25, 0.3) is 0 Å². The van der Waals surface area contributed by atoms with E-state index in [2.05, 4.69) is 17.2 Å². The van der Waals surface area contributed by atoms with Crippen LogP contribution in [0.25, 0.3) is 10.9 Å². The number of hydrogen-bond donors (Lipinski definition) is 2. The second kappa shape index (κ2) is 8.64. The lowest BCUT2D eigenvalue weighted by Gasteiger charge is -2.23. The second-order valence-corrected chi connectivity index (χ2v) is 7.79. The van der Waals surface area contributed by atoms with Gasteiger partial charge in [0.05, 0.1) is 6.04 Å². The van der Waals surface area contributed by atoms with Crippen molar-refractivity contribution >= 4 is 28.3 Å². The Morgan fingerprint density at radius 1 is 0.966 bits per heavy atom. The second-order valence-electron chi connectivity index (χ2n) is 7.35. The average molecular weight is 403 g/mol. The maximum Gasteiger partial charge on any atom is 0.186 e. The molecule has 4 aromatic rings. The maximum absolute atomic E-state index is 13.6. The number of fused-ring (bicyclic) bond motifs is 1. The number of hydrogen-bond acceptors (Lipinski definition) is 2. The van der Waals surface area contributed by atoms with Gasteiger partial charge in [0.2, 0.25) is 0 Å². The Kier molecular flexibility index (Phi) is 5.79. The zero-order chi connectivity index (χ0) is 20.2. The Hall–Kier alpha value is -2.88. The molecule has 2 atom stereocenters. The van der Waals surface area contributed by atoms with Crippen molar-refractivity contribution in [2.45, 2.75) is 25.4 Å². The number of aromatic amines is 1. The third kappa shape index (κ3) is 4.42. The molecule has 0 saturated heterocycles. The lowest BCUT2D eigenvalue weighted by molar-refractivity contribution is 0.0938. The highest BCUT2D eigenvalue weighted by Crippen LogP contribution is 2.25. The maximum atomic E-state index is 13.6. The van der Waals surface area contributed by atoms with E-state index in [-0.39, 0.29) is 11.8 Å². The molecule has 0 spiro atoms. The summed E-state index contributed by atoms with van der Waals surface area (Å²) in [6, 6.07) is 25.3. The molecule has 29 heavy (non-hydrogen) atoms. The number of ketones is 1. The van der Waals surface area contributed by atoms with Crippen molar-refractivity contribution in [3.05, 3.63) is 107 Å². The first-order valence-corrected chi connectivity index (χ1v) is 10.2. The van der Waals surface area contributed by atoms with Gasteiger partial charge in [-0.05, 0) is 42.7 Å². The van der Waals surface area contributed by atoms with Gasteiger partial charge >= 0.3 is 0 Å². The van der Waals surface area contributed by atoms with E-state index < -0.39 is 6.04 Å². The van der Waals surface area contributed by atoms with Gasteiger partial charge in [-0.25, -0.2) is 0 Å². The van der Waals surface area contributed by atoms with Crippen molar-refractivity contribution in [3.63, 3.8) is 0 Å². The summed E-state index contributed by atoms with van der Waals surface area (Å²) in [6.45, 7) is 2.10. The minimum absolute atomic E-state index is 0.0663. The molecule has 4 heteroatoms. The van der Waals surface area contributed by atoms with Crippen LogP contribution in [-0.2, 0) is 6.42 Å². The molecule has 3 nitrogen and oxygen atoms in total. The molecule has 0 bridgehead atoms. The Bertz CT molecular complexity index is 1100. The van der Waals surface area contributed by atoms with Crippen molar-refractivity contribution < 1.29 is 4.79 Å². The standard InChI is InChI=1S/C25H23ClN2O/c1-17(15-18-11-13-20(26)14-12-18)28-24(19-7-3-2-4-8-19)25(29)22-16-27-23-10-6-5-9-21(22)23/h2-14,16-17,24,27-28H,15H2,1H3/t17-,24+/m0/s1. The molecule has 0 aliphatic rings. The van der Waals surface area contributed by atoms with Crippen LogP contribution >= 0.6 is 11.6 Å². The van der Waals surface area contributed by atoms with E-state index in [0.29, 0.717) is 5.56 Å². The summed E-state index contributed by atoms with van der Waals surface area (Å²) in [5.74, 6) is 0.0663. The summed E-state index contributed by atoms with van der Waals surface area (Å²) in [5.41, 5.74) is 3.82. The molecular weight excluding hydrogens is 380 g/mol. The van der Waals surface area contributed by atoms with Crippen LogP contribution in [0.4, 0.5) is 0 Å². The molecule has 0 radical (unpaired) electrons. The topological polar surface area (TPSA) is 44.9 Å². The van der Waals surface area contributed by atoms with Crippen LogP contribution in [0.1, 0.15) is 34.5 Å². The SMILES string of the molecule is C[C@@H](Cc1ccc(Cl)cc1)N[C@@H](C(=O)c1c[nH]c2ccccc12)c1ccccc1. The Morgan fingerprint density at radius 2 is 1.66 bits per heavy atom. The van der Waals surface area contributed by atoms with E-state index in [9.17, 15) is 4.79 Å². The first kappa shape index (κ1) is 19.4. The number of benzene rings is 3. The Labute approximate surface area is 175 Å². The van der Waals surface area contributed by atoms with Gasteiger partial charge in [-0.15, -0.1) is 0 Å². The van der Waals surface area contributed by atoms with Gasteiger partial charge < -0.3 is 10.3 Å². The molecule has 0 amide bonds. The summed E-state index contributed by atoms with van der Waals surface area (Å²) < 4.78 is 0. The number of Topliss-reactive ketones (excluding diaryl/α,β-unsaturated/α-hetero) is 1. The summed E-state index contributed by atoms with van der Waals surface area (Å²) in [7, 11) is 0. The fourth-order valence-electron chi connectivity index (χ4n) is 3.72. The summed E-state index contributed by atoms with van der Waals surface area (Å²) in [5, 5.41) is 5.23. The average Bonchev–Trinajstić information content (AvgIpc) is 3.18. The third-order valence-corrected chi connectivity index (χ3v) is 5.41. The predicted molar refractivity (Wildman–Crippen MR) is 120 cm³/mol. The van der Waals surface area contributed by atoms with Crippen LogP contribution in [0.2, 0.25) is 5.02 Å². The number of aromatic nitrogens is 1. The molecule has 146 valence electrons. The number of carbonyl (C=O) groups is 1. The minimum atomic E-state index is -0.419. The molecule has 0 saturated carbocycles. The lowest BCUT2D eigenvalue weighted by Crippen LogP contribution is -2.36. The molecule has 3 aromatic carbocycles. The van der Waals surface area contributed by atoms with Gasteiger partial charge in [0, 0.05) is 33.7 Å². The molecule has 0 unspecified atom stereocenters. The highest BCUT2D eigenvalue weighted by atomic mass is 35.5. The largest absolute Gasteiger partial charge is 0.360 e. The fraction of sp³-hybridized carbons (Fsp3) is 0.160.